The molecule has 0 aliphatic heterocycles. The topological polar surface area (TPSA) is 63.4 Å². The summed E-state index contributed by atoms with van der Waals surface area (Å²) in [7, 11) is 0. The summed E-state index contributed by atoms with van der Waals surface area (Å²) in [5.74, 6) is 0. The van der Waals surface area contributed by atoms with Crippen molar-refractivity contribution in [3.05, 3.63) is 28.3 Å². The van der Waals surface area contributed by atoms with Gasteiger partial charge in [0.15, 0.2) is 0 Å². The molecule has 1 N–H and O–H groups in total. The van der Waals surface area contributed by atoms with Gasteiger partial charge in [-0.3, -0.25) is 10.1 Å². The van der Waals surface area contributed by atoms with Crippen LogP contribution in [0, 0.1) is 10.1 Å². The van der Waals surface area contributed by atoms with Crippen LogP contribution in [0.2, 0.25) is 0 Å². The number of nitrogens with zero attached hydrogens (tertiary/aromatic N) is 1. The van der Waals surface area contributed by atoms with Crippen LogP contribution in [0.1, 0.15) is 0 Å². The minimum absolute atomic E-state index is 0.254. The molecular formula is C8H5NO3S2. The van der Waals surface area contributed by atoms with Crippen molar-refractivity contribution in [3.8, 4) is 5.06 Å². The lowest BCUT2D eigenvalue weighted by Crippen LogP contribution is -1.86. The van der Waals surface area contributed by atoms with E-state index in [0.717, 1.165) is 11.3 Å². The van der Waals surface area contributed by atoms with E-state index in [1.54, 1.807) is 18.2 Å². The summed E-state index contributed by atoms with van der Waals surface area (Å²) in [6.45, 7) is 0. The summed E-state index contributed by atoms with van der Waals surface area (Å²) in [6, 6.07) is 5.11. The number of thiophene rings is 1. The molecule has 0 spiro atoms. The van der Waals surface area contributed by atoms with Crippen LogP contribution in [0.3, 0.4) is 0 Å². The Hall–Kier alpha value is -1.27. The van der Waals surface area contributed by atoms with Gasteiger partial charge in [0.2, 0.25) is 0 Å². The fourth-order valence-corrected chi connectivity index (χ4v) is 2.60. The highest BCUT2D eigenvalue weighted by Gasteiger charge is 2.23. The smallest absolute Gasteiger partial charge is 0.331 e. The number of thiol groups is 1. The molecule has 6 heteroatoms. The summed E-state index contributed by atoms with van der Waals surface area (Å²) >= 11 is 5.11. The number of fused-ring (bicyclic) bond motifs is 1. The second-order valence-electron chi connectivity index (χ2n) is 2.66. The molecule has 0 aliphatic rings. The largest absolute Gasteiger partial charge is 0.495 e. The first-order valence-corrected chi connectivity index (χ1v) is 4.95. The fourth-order valence-electron chi connectivity index (χ4n) is 1.27. The molecule has 2 aromatic rings. The number of hydrogen-bond acceptors (Lipinski definition) is 5. The van der Waals surface area contributed by atoms with Crippen molar-refractivity contribution in [1.82, 2.24) is 0 Å². The Morgan fingerprint density at radius 1 is 1.50 bits per heavy atom. The van der Waals surface area contributed by atoms with Crippen molar-refractivity contribution >= 4 is 39.7 Å². The predicted molar refractivity (Wildman–Crippen MR) is 57.4 cm³/mol. The minimum atomic E-state index is -0.589. The summed E-state index contributed by atoms with van der Waals surface area (Å²) in [5.41, 5.74) is -0.254. The van der Waals surface area contributed by atoms with Crippen molar-refractivity contribution < 1.29 is 10.0 Å². The maximum atomic E-state index is 10.7. The van der Waals surface area contributed by atoms with Crippen LogP contribution in [0.25, 0.3) is 10.1 Å². The molecule has 0 amide bonds. The molecule has 0 aliphatic carbocycles. The summed E-state index contributed by atoms with van der Waals surface area (Å²) in [6.07, 6.45) is 0. The van der Waals surface area contributed by atoms with E-state index in [-0.39, 0.29) is 10.8 Å². The van der Waals surface area contributed by atoms with E-state index in [1.807, 2.05) is 0 Å². The van der Waals surface area contributed by atoms with E-state index in [9.17, 15) is 15.2 Å². The maximum Gasteiger partial charge on any atom is 0.331 e. The molecule has 0 saturated carbocycles. The van der Waals surface area contributed by atoms with Crippen LogP contribution >= 0.6 is 24.0 Å². The zero-order chi connectivity index (χ0) is 10.3. The highest BCUT2D eigenvalue weighted by atomic mass is 32.1. The van der Waals surface area contributed by atoms with Gasteiger partial charge in [0, 0.05) is 9.60 Å². The van der Waals surface area contributed by atoms with Crippen LogP contribution in [0.15, 0.2) is 23.1 Å². The van der Waals surface area contributed by atoms with Crippen molar-refractivity contribution in [2.24, 2.45) is 0 Å². The van der Waals surface area contributed by atoms with E-state index in [1.165, 1.54) is 0 Å². The molecule has 2 rings (SSSR count). The molecule has 0 atom stereocenters. The Balaban J connectivity index is 2.93. The van der Waals surface area contributed by atoms with E-state index < -0.39 is 4.92 Å². The number of nitro groups is 1. The molecule has 72 valence electrons. The first-order valence-electron chi connectivity index (χ1n) is 3.69. The van der Waals surface area contributed by atoms with Crippen LogP contribution in [-0.2, 0) is 0 Å². The maximum absolute atomic E-state index is 10.7. The second kappa shape index (κ2) is 3.14. The lowest BCUT2D eigenvalue weighted by atomic mass is 10.2. The predicted octanol–water partition coefficient (Wildman–Crippen LogP) is 2.80. The highest BCUT2D eigenvalue weighted by molar-refractivity contribution is 7.80. The van der Waals surface area contributed by atoms with E-state index in [4.69, 9.17) is 0 Å². The standard InChI is InChI=1S/C8H5NO3S2/c10-8-7(9(11)12)6-4(13)2-1-3-5(6)14-8/h1-3,10,13H. The zero-order valence-corrected chi connectivity index (χ0v) is 8.51. The summed E-state index contributed by atoms with van der Waals surface area (Å²) < 4.78 is 0.668. The first kappa shape index (κ1) is 9.29. The lowest BCUT2D eigenvalue weighted by Gasteiger charge is -1.93. The van der Waals surface area contributed by atoms with Gasteiger partial charge in [0.1, 0.15) is 0 Å². The normalized spacial score (nSPS) is 10.6. The van der Waals surface area contributed by atoms with E-state index in [0.29, 0.717) is 15.0 Å². The SMILES string of the molecule is O=[N+]([O-])c1c(O)sc2cccc(S)c12. The molecule has 0 bridgehead atoms. The van der Waals surface area contributed by atoms with Crippen LogP contribution in [-0.4, -0.2) is 10.0 Å². The first-order chi connectivity index (χ1) is 6.61. The Morgan fingerprint density at radius 2 is 2.21 bits per heavy atom. The Morgan fingerprint density at radius 3 is 2.86 bits per heavy atom. The van der Waals surface area contributed by atoms with Gasteiger partial charge in [-0.2, -0.15) is 0 Å². The number of hydrogen-bond donors (Lipinski definition) is 2. The van der Waals surface area contributed by atoms with Gasteiger partial charge >= 0.3 is 5.69 Å². The monoisotopic (exact) mass is 227 g/mol. The van der Waals surface area contributed by atoms with Crippen molar-refractivity contribution in [3.63, 3.8) is 0 Å². The van der Waals surface area contributed by atoms with Crippen molar-refractivity contribution in [1.29, 1.82) is 0 Å². The third kappa shape index (κ3) is 1.23. The van der Waals surface area contributed by atoms with Gasteiger partial charge in [-0.25, -0.2) is 0 Å². The van der Waals surface area contributed by atoms with Crippen LogP contribution in [0.4, 0.5) is 5.69 Å². The van der Waals surface area contributed by atoms with E-state index >= 15 is 0 Å². The average Bonchev–Trinajstić information content (AvgIpc) is 2.42. The molecule has 4 nitrogen and oxygen atoms in total. The fraction of sp³-hybridized carbons (Fsp3) is 0. The van der Waals surface area contributed by atoms with Gasteiger partial charge < -0.3 is 5.11 Å². The van der Waals surface area contributed by atoms with Gasteiger partial charge in [-0.05, 0) is 12.1 Å². The third-order valence-corrected chi connectivity index (χ3v) is 3.15. The third-order valence-electron chi connectivity index (χ3n) is 1.83. The molecule has 1 aromatic heterocycles. The Kier molecular flexibility index (Phi) is 2.09. The number of rotatable bonds is 1. The second-order valence-corrected chi connectivity index (χ2v) is 4.18. The molecule has 0 saturated heterocycles. The van der Waals surface area contributed by atoms with E-state index in [2.05, 4.69) is 12.6 Å². The van der Waals surface area contributed by atoms with Crippen LogP contribution < -0.4 is 0 Å². The summed E-state index contributed by atoms with van der Waals surface area (Å²) in [4.78, 5) is 10.6. The lowest BCUT2D eigenvalue weighted by molar-refractivity contribution is -0.383. The van der Waals surface area contributed by atoms with Crippen LogP contribution in [0.5, 0.6) is 5.06 Å². The van der Waals surface area contributed by atoms with Gasteiger partial charge in [0.25, 0.3) is 5.06 Å². The number of benzene rings is 1. The molecule has 0 fully saturated rings. The van der Waals surface area contributed by atoms with Gasteiger partial charge in [-0.1, -0.05) is 17.4 Å². The Labute approximate surface area is 88.4 Å². The quantitative estimate of drug-likeness (QED) is 0.447. The molecule has 0 radical (unpaired) electrons. The van der Waals surface area contributed by atoms with Crippen molar-refractivity contribution in [2.45, 2.75) is 4.90 Å². The molecule has 0 unspecified atom stereocenters. The van der Waals surface area contributed by atoms with Gasteiger partial charge in [0.05, 0.1) is 10.3 Å². The molecular weight excluding hydrogens is 222 g/mol. The molecule has 1 aromatic carbocycles. The Bertz CT molecular complexity index is 521. The molecule has 14 heavy (non-hydrogen) atoms. The summed E-state index contributed by atoms with van der Waals surface area (Å²) in [5, 5.41) is 20.2. The minimum Gasteiger partial charge on any atom is -0.495 e. The number of aromatic hydroxyl groups is 1. The van der Waals surface area contributed by atoms with Crippen molar-refractivity contribution in [2.75, 3.05) is 0 Å². The highest BCUT2D eigenvalue weighted by Crippen LogP contribution is 2.44. The van der Waals surface area contributed by atoms with Gasteiger partial charge in [-0.15, -0.1) is 12.6 Å². The average molecular weight is 227 g/mol. The zero-order valence-electron chi connectivity index (χ0n) is 6.80. The molecule has 1 heterocycles.